The number of hydrogen-bond acceptors (Lipinski definition) is 7. The fourth-order valence-corrected chi connectivity index (χ4v) is 5.68. The minimum Gasteiger partial charge on any atom is -0.309 e. The minimum absolute atomic E-state index is 0.774. The fraction of sp³-hybridized carbons (Fsp3) is 0.704. The number of nitrogens with two attached hydrogens (primary N) is 1. The summed E-state index contributed by atoms with van der Waals surface area (Å²) >= 11 is 0. The Hall–Kier alpha value is -1.80. The molecule has 4 rings (SSSR count). The van der Waals surface area contributed by atoms with Crippen molar-refractivity contribution in [2.24, 2.45) is 17.7 Å². The molecule has 7 nitrogen and oxygen atoms in total. The van der Waals surface area contributed by atoms with Gasteiger partial charge in [0, 0.05) is 44.2 Å². The van der Waals surface area contributed by atoms with Gasteiger partial charge in [0.25, 0.3) is 0 Å². The van der Waals surface area contributed by atoms with Gasteiger partial charge >= 0.3 is 0 Å². The Labute approximate surface area is 206 Å². The summed E-state index contributed by atoms with van der Waals surface area (Å²) in [5.41, 5.74) is 0.978. The number of benzene rings is 1. The molecule has 1 aromatic carbocycles. The summed E-state index contributed by atoms with van der Waals surface area (Å²) in [6.07, 6.45) is 6.55. The van der Waals surface area contributed by atoms with Crippen LogP contribution in [0.5, 0.6) is 0 Å². The molecule has 2 aliphatic rings. The molecule has 7 heteroatoms. The van der Waals surface area contributed by atoms with Crippen molar-refractivity contribution in [2.45, 2.75) is 58.5 Å². The highest BCUT2D eigenvalue weighted by Gasteiger charge is 2.29. The molecule has 0 atom stereocenters. The van der Waals surface area contributed by atoms with Gasteiger partial charge in [-0.3, -0.25) is 14.8 Å². The van der Waals surface area contributed by atoms with Gasteiger partial charge in [0.2, 0.25) is 0 Å². The first-order chi connectivity index (χ1) is 16.4. The van der Waals surface area contributed by atoms with Crippen LogP contribution >= 0.6 is 0 Å². The average molecular weight is 468 g/mol. The largest absolute Gasteiger partial charge is 0.309 e. The van der Waals surface area contributed by atoms with E-state index < -0.39 is 0 Å². The molecule has 0 spiro atoms. The van der Waals surface area contributed by atoms with E-state index in [4.69, 9.17) is 15.8 Å². The third-order valence-electron chi connectivity index (χ3n) is 7.88. The van der Waals surface area contributed by atoms with Crippen molar-refractivity contribution in [1.29, 1.82) is 0 Å². The zero-order chi connectivity index (χ0) is 24.1. The summed E-state index contributed by atoms with van der Waals surface area (Å²) in [6.45, 7) is 11.8. The maximum absolute atomic E-state index is 6.48. The van der Waals surface area contributed by atoms with Gasteiger partial charge in [-0.2, -0.15) is 0 Å². The second-order valence-electron chi connectivity index (χ2n) is 11.0. The van der Waals surface area contributed by atoms with E-state index in [0.717, 1.165) is 92.7 Å². The Bertz CT molecular complexity index is 899. The molecule has 0 radical (unpaired) electrons. The Morgan fingerprint density at radius 1 is 0.971 bits per heavy atom. The molecular weight excluding hydrogens is 422 g/mol. The summed E-state index contributed by atoms with van der Waals surface area (Å²) in [7, 11) is 4.19. The lowest BCUT2D eigenvalue weighted by Crippen LogP contribution is -2.51. The number of aromatic nitrogens is 2. The number of piperazine rings is 1. The van der Waals surface area contributed by atoms with E-state index in [2.05, 4.69) is 54.8 Å². The van der Waals surface area contributed by atoms with Gasteiger partial charge in [0.1, 0.15) is 5.82 Å². The van der Waals surface area contributed by atoms with E-state index in [9.17, 15) is 0 Å². The Kier molecular flexibility index (Phi) is 8.75. The molecule has 2 heterocycles. The van der Waals surface area contributed by atoms with Crippen molar-refractivity contribution in [3.63, 3.8) is 0 Å². The summed E-state index contributed by atoms with van der Waals surface area (Å²) < 4.78 is 0. The molecule has 2 fully saturated rings. The number of fused-ring (bicyclic) bond motifs is 1. The second kappa shape index (κ2) is 11.8. The summed E-state index contributed by atoms with van der Waals surface area (Å²) in [5, 5.41) is 2.84. The van der Waals surface area contributed by atoms with E-state index in [-0.39, 0.29) is 0 Å². The van der Waals surface area contributed by atoms with Crippen LogP contribution in [0.1, 0.15) is 51.8 Å². The molecule has 0 amide bonds. The molecule has 34 heavy (non-hydrogen) atoms. The van der Waals surface area contributed by atoms with Crippen molar-refractivity contribution in [2.75, 3.05) is 58.4 Å². The van der Waals surface area contributed by atoms with Gasteiger partial charge in [0.15, 0.2) is 5.82 Å². The molecule has 1 aliphatic heterocycles. The van der Waals surface area contributed by atoms with Crippen LogP contribution in [0.3, 0.4) is 0 Å². The molecule has 2 aromatic rings. The zero-order valence-corrected chi connectivity index (χ0v) is 21.8. The number of nitrogens with zero attached hydrogens (tertiary/aromatic N) is 6. The molecule has 0 bridgehead atoms. The van der Waals surface area contributed by atoms with Crippen LogP contribution in [-0.4, -0.2) is 84.1 Å². The normalized spacial score (nSPS) is 22.7. The molecule has 2 N–H and O–H groups in total. The Morgan fingerprint density at radius 3 is 2.35 bits per heavy atom. The van der Waals surface area contributed by atoms with E-state index in [1.807, 2.05) is 17.1 Å². The van der Waals surface area contributed by atoms with Crippen LogP contribution in [-0.2, 0) is 6.54 Å². The van der Waals surface area contributed by atoms with Crippen LogP contribution in [0.15, 0.2) is 24.3 Å². The molecular formula is C27H45N7. The Balaban J connectivity index is 1.36. The average Bonchev–Trinajstić information content (AvgIpc) is 2.84. The quantitative estimate of drug-likeness (QED) is 0.447. The number of para-hydroxylation sites is 1. The fourth-order valence-electron chi connectivity index (χ4n) is 5.68. The van der Waals surface area contributed by atoms with Crippen molar-refractivity contribution >= 4 is 16.7 Å². The lowest BCUT2D eigenvalue weighted by atomic mass is 9.79. The topological polar surface area (TPSA) is 64.8 Å². The first-order valence-electron chi connectivity index (χ1n) is 13.3. The van der Waals surface area contributed by atoms with Gasteiger partial charge in [-0.1, -0.05) is 26.0 Å². The van der Waals surface area contributed by atoms with Gasteiger partial charge in [-0.15, -0.1) is 0 Å². The van der Waals surface area contributed by atoms with Crippen molar-refractivity contribution in [1.82, 2.24) is 24.7 Å². The highest BCUT2D eigenvalue weighted by atomic mass is 15.4. The van der Waals surface area contributed by atoms with Crippen LogP contribution in [0, 0.1) is 11.8 Å². The first kappa shape index (κ1) is 25.3. The summed E-state index contributed by atoms with van der Waals surface area (Å²) in [6, 6.07) is 9.02. The first-order valence-corrected chi connectivity index (χ1v) is 13.3. The van der Waals surface area contributed by atoms with Crippen molar-refractivity contribution in [3.05, 3.63) is 30.1 Å². The van der Waals surface area contributed by atoms with E-state index in [1.54, 1.807) is 0 Å². The summed E-state index contributed by atoms with van der Waals surface area (Å²) in [5.74, 6) is 9.97. The SMILES string of the molecule is CC(C)C1CCC(N2CCN(Cc3nc(N(N)CCCN(C)C)c4ccccc4n3)CC2)CC1. The third kappa shape index (κ3) is 6.45. The second-order valence-corrected chi connectivity index (χ2v) is 11.0. The van der Waals surface area contributed by atoms with Gasteiger partial charge in [-0.25, -0.2) is 15.8 Å². The van der Waals surface area contributed by atoms with Crippen molar-refractivity contribution < 1.29 is 0 Å². The van der Waals surface area contributed by atoms with E-state index in [0.29, 0.717) is 0 Å². The van der Waals surface area contributed by atoms with E-state index >= 15 is 0 Å². The molecule has 0 unspecified atom stereocenters. The highest BCUT2D eigenvalue weighted by molar-refractivity contribution is 5.89. The van der Waals surface area contributed by atoms with Crippen molar-refractivity contribution in [3.8, 4) is 0 Å². The van der Waals surface area contributed by atoms with Gasteiger partial charge in [0.05, 0.1) is 12.1 Å². The Morgan fingerprint density at radius 2 is 1.68 bits per heavy atom. The third-order valence-corrected chi connectivity index (χ3v) is 7.88. The summed E-state index contributed by atoms with van der Waals surface area (Å²) in [4.78, 5) is 17.3. The molecule has 1 aromatic heterocycles. The van der Waals surface area contributed by atoms with E-state index in [1.165, 1.54) is 25.7 Å². The predicted molar refractivity (Wildman–Crippen MR) is 142 cm³/mol. The monoisotopic (exact) mass is 467 g/mol. The maximum atomic E-state index is 6.48. The predicted octanol–water partition coefficient (Wildman–Crippen LogP) is 3.59. The van der Waals surface area contributed by atoms with Crippen LogP contribution in [0.4, 0.5) is 5.82 Å². The number of hydrogen-bond donors (Lipinski definition) is 1. The lowest BCUT2D eigenvalue weighted by Gasteiger charge is -2.42. The lowest BCUT2D eigenvalue weighted by molar-refractivity contribution is 0.0617. The van der Waals surface area contributed by atoms with Crippen LogP contribution in [0.25, 0.3) is 10.9 Å². The smallest absolute Gasteiger partial charge is 0.154 e. The zero-order valence-electron chi connectivity index (χ0n) is 21.8. The standard InChI is InChI=1S/C27H45N7/c1-21(2)22-10-12-23(13-11-22)33-18-16-32(17-19-33)20-26-29-25-9-6-5-8-24(25)27(30-26)34(28)15-7-14-31(3)4/h5-6,8-9,21-23H,7,10-20,28H2,1-4H3. The van der Waals surface area contributed by atoms with Gasteiger partial charge in [-0.05, 0) is 76.7 Å². The van der Waals surface area contributed by atoms with Gasteiger partial charge < -0.3 is 4.90 Å². The van der Waals surface area contributed by atoms with Crippen LogP contribution < -0.4 is 10.9 Å². The number of hydrazine groups is 1. The maximum Gasteiger partial charge on any atom is 0.154 e. The molecule has 1 saturated carbocycles. The minimum atomic E-state index is 0.774. The number of rotatable bonds is 9. The van der Waals surface area contributed by atoms with Crippen LogP contribution in [0.2, 0.25) is 0 Å². The highest BCUT2D eigenvalue weighted by Crippen LogP contribution is 2.32. The number of anilines is 1. The molecule has 1 aliphatic carbocycles. The molecule has 1 saturated heterocycles. The molecule has 188 valence electrons.